The fourth-order valence-electron chi connectivity index (χ4n) is 2.57. The molecule has 140 valence electrons. The second-order valence-electron chi connectivity index (χ2n) is 5.71. The molecule has 1 aliphatic carbocycles. The Morgan fingerprint density at radius 1 is 1.11 bits per heavy atom. The topological polar surface area (TPSA) is 75.0 Å². The van der Waals surface area contributed by atoms with Crippen LogP contribution in [0.25, 0.3) is 11.3 Å². The van der Waals surface area contributed by atoms with Crippen LogP contribution in [0.4, 0.5) is 0 Å². The predicted molar refractivity (Wildman–Crippen MR) is 103 cm³/mol. The van der Waals surface area contributed by atoms with Gasteiger partial charge in [0.25, 0.3) is 0 Å². The Morgan fingerprint density at radius 3 is 2.52 bits per heavy atom. The Balaban J connectivity index is 1.83. The minimum atomic E-state index is -0.507. The van der Waals surface area contributed by atoms with Gasteiger partial charge in [0.05, 0.1) is 19.8 Å². The number of methoxy groups -OCH3 is 2. The average Bonchev–Trinajstić information content (AvgIpc) is 2.66. The molecule has 0 amide bonds. The Hall–Kier alpha value is -2.80. The third-order valence-corrected chi connectivity index (χ3v) is 4.61. The van der Waals surface area contributed by atoms with Crippen molar-refractivity contribution in [3.05, 3.63) is 68.7 Å². The molecule has 0 aliphatic heterocycles. The number of allylic oxidation sites excluding steroid dienone is 3. The summed E-state index contributed by atoms with van der Waals surface area (Å²) < 4.78 is 22.2. The molecular formula is C20H17BrO6. The monoisotopic (exact) mass is 432 g/mol. The average molecular weight is 433 g/mol. The second-order valence-corrected chi connectivity index (χ2v) is 6.56. The summed E-state index contributed by atoms with van der Waals surface area (Å²) in [5, 5.41) is 0. The lowest BCUT2D eigenvalue weighted by Gasteiger charge is -2.12. The van der Waals surface area contributed by atoms with Gasteiger partial charge in [-0.25, -0.2) is 4.79 Å². The van der Waals surface area contributed by atoms with Crippen molar-refractivity contribution in [3.8, 4) is 22.8 Å². The van der Waals surface area contributed by atoms with Gasteiger partial charge < -0.3 is 18.6 Å². The maximum Gasteiger partial charge on any atom is 0.342 e. The minimum Gasteiger partial charge on any atom is -0.493 e. The number of rotatable bonds is 6. The number of hydrogen-bond acceptors (Lipinski definition) is 6. The van der Waals surface area contributed by atoms with Crippen molar-refractivity contribution in [1.29, 1.82) is 0 Å². The SMILES string of the molecule is COc1cc(Br)c(-c2ccc(COC3=CC(=O)C=CC3)c(=O)o2)cc1OC. The molecule has 2 aromatic rings. The van der Waals surface area contributed by atoms with Crippen molar-refractivity contribution in [2.75, 3.05) is 14.2 Å². The summed E-state index contributed by atoms with van der Waals surface area (Å²) in [4.78, 5) is 23.7. The van der Waals surface area contributed by atoms with Gasteiger partial charge in [0.15, 0.2) is 17.3 Å². The van der Waals surface area contributed by atoms with Crippen molar-refractivity contribution in [2.45, 2.75) is 13.0 Å². The molecule has 1 aromatic carbocycles. The molecule has 0 unspecified atom stereocenters. The Kier molecular flexibility index (Phi) is 5.81. The lowest BCUT2D eigenvalue weighted by atomic mass is 10.1. The highest BCUT2D eigenvalue weighted by Crippen LogP contribution is 2.38. The number of benzene rings is 1. The van der Waals surface area contributed by atoms with Crippen LogP contribution >= 0.6 is 15.9 Å². The number of ether oxygens (including phenoxy) is 3. The first kappa shape index (κ1) is 19.0. The minimum absolute atomic E-state index is 0.0304. The van der Waals surface area contributed by atoms with Gasteiger partial charge in [0.2, 0.25) is 0 Å². The Labute approximate surface area is 164 Å². The van der Waals surface area contributed by atoms with Crippen LogP contribution in [0.3, 0.4) is 0 Å². The Morgan fingerprint density at radius 2 is 1.85 bits per heavy atom. The zero-order chi connectivity index (χ0) is 19.4. The number of carbonyl (C=O) groups excluding carboxylic acids is 1. The lowest BCUT2D eigenvalue weighted by Crippen LogP contribution is -2.10. The molecule has 7 heteroatoms. The molecule has 1 aromatic heterocycles. The van der Waals surface area contributed by atoms with Crippen LogP contribution in [-0.4, -0.2) is 20.0 Å². The van der Waals surface area contributed by atoms with Crippen molar-refractivity contribution >= 4 is 21.7 Å². The maximum absolute atomic E-state index is 12.3. The molecule has 0 fully saturated rings. The first-order valence-corrected chi connectivity index (χ1v) is 8.90. The van der Waals surface area contributed by atoms with E-state index in [-0.39, 0.29) is 12.4 Å². The van der Waals surface area contributed by atoms with Crippen LogP contribution in [0, 0.1) is 0 Å². The van der Waals surface area contributed by atoms with Crippen LogP contribution in [0.2, 0.25) is 0 Å². The summed E-state index contributed by atoms with van der Waals surface area (Å²) in [6, 6.07) is 6.80. The standard InChI is InChI=1S/C20H17BrO6/c1-24-18-9-15(16(21)10-19(18)25-2)17-7-6-12(20(23)27-17)11-26-14-5-3-4-13(22)8-14/h3-4,6-10H,5,11H2,1-2H3. The van der Waals surface area contributed by atoms with Crippen molar-refractivity contribution in [3.63, 3.8) is 0 Å². The zero-order valence-electron chi connectivity index (χ0n) is 14.8. The van der Waals surface area contributed by atoms with Gasteiger partial charge in [0.1, 0.15) is 18.1 Å². The van der Waals surface area contributed by atoms with Gasteiger partial charge in [-0.15, -0.1) is 0 Å². The van der Waals surface area contributed by atoms with E-state index in [0.29, 0.717) is 45.0 Å². The molecule has 1 heterocycles. The zero-order valence-corrected chi connectivity index (χ0v) is 16.4. The van der Waals surface area contributed by atoms with Gasteiger partial charge in [0, 0.05) is 22.5 Å². The molecule has 1 aliphatic rings. The summed E-state index contributed by atoms with van der Waals surface area (Å²) in [5.74, 6) is 1.86. The van der Waals surface area contributed by atoms with E-state index in [0.717, 1.165) is 0 Å². The van der Waals surface area contributed by atoms with Crippen LogP contribution in [0.15, 0.2) is 61.9 Å². The molecule has 3 rings (SSSR count). The number of ketones is 1. The van der Waals surface area contributed by atoms with Gasteiger partial charge in [-0.05, 0) is 46.3 Å². The van der Waals surface area contributed by atoms with Crippen LogP contribution in [0.5, 0.6) is 11.5 Å². The van der Waals surface area contributed by atoms with Crippen LogP contribution in [-0.2, 0) is 16.1 Å². The quantitative estimate of drug-likeness (QED) is 0.685. The molecule has 0 N–H and O–H groups in total. The molecule has 27 heavy (non-hydrogen) atoms. The third-order valence-electron chi connectivity index (χ3n) is 3.96. The largest absolute Gasteiger partial charge is 0.493 e. The first-order chi connectivity index (χ1) is 13.0. The fourth-order valence-corrected chi connectivity index (χ4v) is 3.08. The molecule has 0 spiro atoms. The van der Waals surface area contributed by atoms with Gasteiger partial charge in [-0.3, -0.25) is 4.79 Å². The first-order valence-electron chi connectivity index (χ1n) is 8.10. The molecule has 0 saturated carbocycles. The van der Waals surface area contributed by atoms with E-state index in [2.05, 4.69) is 15.9 Å². The summed E-state index contributed by atoms with van der Waals surface area (Å²) in [5.41, 5.74) is 0.508. The molecule has 0 bridgehead atoms. The summed E-state index contributed by atoms with van der Waals surface area (Å²) >= 11 is 3.45. The highest BCUT2D eigenvalue weighted by atomic mass is 79.9. The van der Waals surface area contributed by atoms with Gasteiger partial charge >= 0.3 is 5.63 Å². The molecule has 6 nitrogen and oxygen atoms in total. The van der Waals surface area contributed by atoms with E-state index in [1.54, 1.807) is 37.5 Å². The smallest absolute Gasteiger partial charge is 0.342 e. The van der Waals surface area contributed by atoms with E-state index >= 15 is 0 Å². The van der Waals surface area contributed by atoms with E-state index in [9.17, 15) is 9.59 Å². The Bertz CT molecular complexity index is 986. The van der Waals surface area contributed by atoms with E-state index in [1.807, 2.05) is 0 Å². The van der Waals surface area contributed by atoms with Gasteiger partial charge in [-0.2, -0.15) is 0 Å². The van der Waals surface area contributed by atoms with Crippen molar-refractivity contribution in [1.82, 2.24) is 0 Å². The maximum atomic E-state index is 12.3. The van der Waals surface area contributed by atoms with E-state index in [1.165, 1.54) is 19.3 Å². The van der Waals surface area contributed by atoms with Crippen molar-refractivity contribution < 1.29 is 23.4 Å². The number of carbonyl (C=O) groups is 1. The lowest BCUT2D eigenvalue weighted by molar-refractivity contribution is -0.110. The number of hydrogen-bond donors (Lipinski definition) is 0. The highest BCUT2D eigenvalue weighted by molar-refractivity contribution is 9.10. The van der Waals surface area contributed by atoms with E-state index in [4.69, 9.17) is 18.6 Å². The van der Waals surface area contributed by atoms with Crippen LogP contribution in [0.1, 0.15) is 12.0 Å². The molecular weight excluding hydrogens is 416 g/mol. The summed E-state index contributed by atoms with van der Waals surface area (Å²) in [6.07, 6.45) is 5.14. The normalized spacial score (nSPS) is 13.3. The predicted octanol–water partition coefficient (Wildman–Crippen LogP) is 4.02. The van der Waals surface area contributed by atoms with E-state index < -0.39 is 5.63 Å². The highest BCUT2D eigenvalue weighted by Gasteiger charge is 2.15. The fraction of sp³-hybridized carbons (Fsp3) is 0.200. The van der Waals surface area contributed by atoms with Gasteiger partial charge in [-0.1, -0.05) is 6.08 Å². The molecule has 0 radical (unpaired) electrons. The third kappa shape index (κ3) is 4.31. The molecule has 0 atom stereocenters. The summed E-state index contributed by atoms with van der Waals surface area (Å²) in [6.45, 7) is 0.0304. The van der Waals surface area contributed by atoms with Crippen molar-refractivity contribution in [2.24, 2.45) is 0 Å². The summed E-state index contributed by atoms with van der Waals surface area (Å²) in [7, 11) is 3.08. The number of halogens is 1. The molecule has 0 saturated heterocycles. The van der Waals surface area contributed by atoms with Crippen LogP contribution < -0.4 is 15.1 Å². The second kappa shape index (κ2) is 8.26.